The largest absolute Gasteiger partial charge is 0.252 e. The summed E-state index contributed by atoms with van der Waals surface area (Å²) in [6.45, 7) is 1.00. The lowest BCUT2D eigenvalue weighted by Crippen LogP contribution is -2.00. The molecule has 0 radical (unpaired) electrons. The SMILES string of the molecule is [N-]=[N+]=NCCn1ccnn1. The minimum Gasteiger partial charge on any atom is -0.252 e. The summed E-state index contributed by atoms with van der Waals surface area (Å²) in [5.41, 5.74) is 7.91. The third-order valence-corrected chi connectivity index (χ3v) is 0.964. The zero-order valence-corrected chi connectivity index (χ0v) is 5.25. The minimum atomic E-state index is 0.417. The maximum atomic E-state index is 7.91. The maximum absolute atomic E-state index is 7.91. The Balaban J connectivity index is 2.34. The molecular weight excluding hydrogens is 132 g/mol. The van der Waals surface area contributed by atoms with Crippen molar-refractivity contribution >= 4 is 0 Å². The molecule has 1 heterocycles. The molecule has 1 aromatic heterocycles. The van der Waals surface area contributed by atoms with Crippen LogP contribution in [0.1, 0.15) is 0 Å². The second kappa shape index (κ2) is 3.47. The second-order valence-corrected chi connectivity index (χ2v) is 1.62. The van der Waals surface area contributed by atoms with E-state index < -0.39 is 0 Å². The van der Waals surface area contributed by atoms with Crippen LogP contribution in [0.25, 0.3) is 10.4 Å². The van der Waals surface area contributed by atoms with Crippen molar-refractivity contribution in [1.82, 2.24) is 15.0 Å². The molecule has 0 saturated carbocycles. The molecule has 0 atom stereocenters. The first-order valence-corrected chi connectivity index (χ1v) is 2.78. The van der Waals surface area contributed by atoms with Crippen molar-refractivity contribution in [3.05, 3.63) is 22.8 Å². The van der Waals surface area contributed by atoms with Crippen molar-refractivity contribution < 1.29 is 0 Å². The summed E-state index contributed by atoms with van der Waals surface area (Å²) in [4.78, 5) is 2.60. The van der Waals surface area contributed by atoms with Crippen LogP contribution in [-0.4, -0.2) is 21.5 Å². The molecular formula is C4H6N6. The molecule has 0 N–H and O–H groups in total. The van der Waals surface area contributed by atoms with Crippen molar-refractivity contribution in [3.8, 4) is 0 Å². The van der Waals surface area contributed by atoms with Crippen molar-refractivity contribution in [2.45, 2.75) is 6.54 Å². The third-order valence-electron chi connectivity index (χ3n) is 0.964. The molecule has 0 saturated heterocycles. The maximum Gasteiger partial charge on any atom is 0.0692 e. The fourth-order valence-corrected chi connectivity index (χ4v) is 0.544. The zero-order chi connectivity index (χ0) is 7.23. The van der Waals surface area contributed by atoms with Gasteiger partial charge in [0.1, 0.15) is 0 Å². The fraction of sp³-hybridized carbons (Fsp3) is 0.500. The number of hydrogen-bond donors (Lipinski definition) is 0. The molecule has 0 fully saturated rings. The summed E-state index contributed by atoms with van der Waals surface area (Å²) in [7, 11) is 0. The van der Waals surface area contributed by atoms with Crippen molar-refractivity contribution in [2.24, 2.45) is 5.11 Å². The van der Waals surface area contributed by atoms with E-state index in [9.17, 15) is 0 Å². The van der Waals surface area contributed by atoms with Gasteiger partial charge in [0.2, 0.25) is 0 Å². The van der Waals surface area contributed by atoms with E-state index in [1.165, 1.54) is 0 Å². The minimum absolute atomic E-state index is 0.417. The van der Waals surface area contributed by atoms with Gasteiger partial charge in [-0.15, -0.1) is 5.10 Å². The number of nitrogens with zero attached hydrogens (tertiary/aromatic N) is 6. The van der Waals surface area contributed by atoms with Gasteiger partial charge in [0.25, 0.3) is 0 Å². The molecule has 0 aromatic carbocycles. The van der Waals surface area contributed by atoms with Gasteiger partial charge in [0, 0.05) is 24.2 Å². The van der Waals surface area contributed by atoms with E-state index in [0.29, 0.717) is 13.1 Å². The van der Waals surface area contributed by atoms with Crippen LogP contribution >= 0.6 is 0 Å². The van der Waals surface area contributed by atoms with E-state index in [1.54, 1.807) is 17.1 Å². The standard InChI is InChI=1S/C4H6N6/c5-8-6-1-3-10-4-2-7-9-10/h2,4H,1,3H2. The molecule has 0 unspecified atom stereocenters. The van der Waals surface area contributed by atoms with Crippen molar-refractivity contribution in [2.75, 3.05) is 6.54 Å². The molecule has 1 aromatic rings. The van der Waals surface area contributed by atoms with E-state index in [-0.39, 0.29) is 0 Å². The van der Waals surface area contributed by atoms with Crippen LogP contribution in [-0.2, 0) is 6.54 Å². The van der Waals surface area contributed by atoms with Gasteiger partial charge in [-0.05, 0) is 5.53 Å². The monoisotopic (exact) mass is 138 g/mol. The molecule has 10 heavy (non-hydrogen) atoms. The second-order valence-electron chi connectivity index (χ2n) is 1.62. The average molecular weight is 138 g/mol. The van der Waals surface area contributed by atoms with Crippen molar-refractivity contribution in [1.29, 1.82) is 0 Å². The van der Waals surface area contributed by atoms with Gasteiger partial charge in [-0.1, -0.05) is 10.3 Å². The predicted molar refractivity (Wildman–Crippen MR) is 34.0 cm³/mol. The molecule has 6 heteroatoms. The van der Waals surface area contributed by atoms with Gasteiger partial charge in [0.15, 0.2) is 0 Å². The number of azide groups is 1. The van der Waals surface area contributed by atoms with E-state index in [4.69, 9.17) is 5.53 Å². The Kier molecular flexibility index (Phi) is 2.28. The lowest BCUT2D eigenvalue weighted by atomic mass is 10.6. The van der Waals surface area contributed by atoms with Crippen LogP contribution in [0.4, 0.5) is 0 Å². The highest BCUT2D eigenvalue weighted by atomic mass is 15.4. The molecule has 0 amide bonds. The Bertz CT molecular complexity index is 220. The summed E-state index contributed by atoms with van der Waals surface area (Å²) in [5.74, 6) is 0. The smallest absolute Gasteiger partial charge is 0.0692 e. The fourth-order valence-electron chi connectivity index (χ4n) is 0.544. The molecule has 52 valence electrons. The van der Waals surface area contributed by atoms with Gasteiger partial charge < -0.3 is 0 Å². The first-order chi connectivity index (χ1) is 4.93. The highest BCUT2D eigenvalue weighted by Crippen LogP contribution is 1.81. The van der Waals surface area contributed by atoms with Gasteiger partial charge in [-0.2, -0.15) is 0 Å². The van der Waals surface area contributed by atoms with Crippen LogP contribution < -0.4 is 0 Å². The van der Waals surface area contributed by atoms with Crippen LogP contribution in [0, 0.1) is 0 Å². The summed E-state index contributed by atoms with van der Waals surface area (Å²) in [5, 5.41) is 10.6. The Morgan fingerprint density at radius 3 is 3.20 bits per heavy atom. The van der Waals surface area contributed by atoms with E-state index in [2.05, 4.69) is 20.3 Å². The van der Waals surface area contributed by atoms with Crippen molar-refractivity contribution in [3.63, 3.8) is 0 Å². The average Bonchev–Trinajstić information content (AvgIpc) is 2.41. The first kappa shape index (κ1) is 6.57. The number of hydrogen-bond acceptors (Lipinski definition) is 3. The Labute approximate surface area is 57.1 Å². The molecule has 1 rings (SSSR count). The molecule has 0 bridgehead atoms. The van der Waals surface area contributed by atoms with Gasteiger partial charge >= 0.3 is 0 Å². The van der Waals surface area contributed by atoms with Crippen LogP contribution in [0.5, 0.6) is 0 Å². The highest BCUT2D eigenvalue weighted by Gasteiger charge is 1.86. The summed E-state index contributed by atoms with van der Waals surface area (Å²) < 4.78 is 1.61. The van der Waals surface area contributed by atoms with Gasteiger partial charge in [-0.25, -0.2) is 0 Å². The zero-order valence-electron chi connectivity index (χ0n) is 5.25. The first-order valence-electron chi connectivity index (χ1n) is 2.78. The Morgan fingerprint density at radius 1 is 1.70 bits per heavy atom. The lowest BCUT2D eigenvalue weighted by molar-refractivity contribution is 0.597. The Morgan fingerprint density at radius 2 is 2.60 bits per heavy atom. The van der Waals surface area contributed by atoms with Crippen LogP contribution in [0.3, 0.4) is 0 Å². The molecule has 0 aliphatic heterocycles. The topological polar surface area (TPSA) is 79.5 Å². The quantitative estimate of drug-likeness (QED) is 0.348. The van der Waals surface area contributed by atoms with Gasteiger partial charge in [0.05, 0.1) is 6.20 Å². The van der Waals surface area contributed by atoms with E-state index in [1.807, 2.05) is 0 Å². The number of aromatic nitrogens is 3. The molecule has 0 aliphatic rings. The lowest BCUT2D eigenvalue weighted by Gasteiger charge is -1.91. The predicted octanol–water partition coefficient (Wildman–Crippen LogP) is 0.588. The summed E-state index contributed by atoms with van der Waals surface area (Å²) in [6, 6.07) is 0. The third kappa shape index (κ3) is 1.75. The van der Waals surface area contributed by atoms with Gasteiger partial charge in [-0.3, -0.25) is 4.68 Å². The van der Waals surface area contributed by atoms with E-state index >= 15 is 0 Å². The highest BCUT2D eigenvalue weighted by molar-refractivity contribution is 4.64. The molecule has 6 nitrogen and oxygen atoms in total. The van der Waals surface area contributed by atoms with Crippen LogP contribution in [0.2, 0.25) is 0 Å². The molecule has 0 aliphatic carbocycles. The summed E-state index contributed by atoms with van der Waals surface area (Å²) in [6.07, 6.45) is 3.29. The Hall–Kier alpha value is -1.55. The normalized spacial score (nSPS) is 8.80. The molecule has 0 spiro atoms. The summed E-state index contributed by atoms with van der Waals surface area (Å²) >= 11 is 0. The van der Waals surface area contributed by atoms with Crippen LogP contribution in [0.15, 0.2) is 17.5 Å². The van der Waals surface area contributed by atoms with E-state index in [0.717, 1.165) is 0 Å². The number of rotatable bonds is 3.